The predicted molar refractivity (Wildman–Crippen MR) is 24.0 cm³/mol. The lowest BCUT2D eigenvalue weighted by Gasteiger charge is -1.61. The van der Waals surface area contributed by atoms with E-state index in [4.69, 9.17) is 5.41 Å². The molecule has 32 valence electrons. The molecule has 1 spiro atoms. The number of hydrogen-bond acceptors (Lipinski definition) is 1. The maximum Gasteiger partial charge on any atom is 0.0164 e. The molecule has 0 unspecified atom stereocenters. The molecule has 6 heavy (non-hydrogen) atoms. The molecule has 0 aromatic rings. The van der Waals surface area contributed by atoms with Crippen molar-refractivity contribution in [1.29, 1.82) is 5.41 Å². The summed E-state index contributed by atoms with van der Waals surface area (Å²) in [6.45, 7) is 0. The van der Waals surface area contributed by atoms with E-state index in [-0.39, 0.29) is 0 Å². The molecule has 0 atom stereocenters. The SMILES string of the molecule is N=C1CC12CC2. The molecule has 1 N–H and O–H groups in total. The van der Waals surface area contributed by atoms with Gasteiger partial charge in [0, 0.05) is 11.1 Å². The average molecular weight is 81.1 g/mol. The van der Waals surface area contributed by atoms with Crippen LogP contribution >= 0.6 is 0 Å². The van der Waals surface area contributed by atoms with Crippen LogP contribution < -0.4 is 0 Å². The molecule has 2 rings (SSSR count). The summed E-state index contributed by atoms with van der Waals surface area (Å²) in [5, 5.41) is 7.08. The molecule has 0 bridgehead atoms. The lowest BCUT2D eigenvalue weighted by molar-refractivity contribution is 0.957. The summed E-state index contributed by atoms with van der Waals surface area (Å²) in [6.07, 6.45) is 3.78. The lowest BCUT2D eigenvalue weighted by Crippen LogP contribution is -1.65. The fourth-order valence-electron chi connectivity index (χ4n) is 0.924. The third kappa shape index (κ3) is 0.140. The van der Waals surface area contributed by atoms with Crippen molar-refractivity contribution >= 4 is 5.71 Å². The minimum absolute atomic E-state index is 0.542. The summed E-state index contributed by atoms with van der Waals surface area (Å²) >= 11 is 0. The lowest BCUT2D eigenvalue weighted by atomic mass is 10.4. The van der Waals surface area contributed by atoms with Crippen molar-refractivity contribution in [1.82, 2.24) is 0 Å². The zero-order valence-electron chi connectivity index (χ0n) is 3.62. The van der Waals surface area contributed by atoms with Crippen molar-refractivity contribution in [3.8, 4) is 0 Å². The summed E-state index contributed by atoms with van der Waals surface area (Å²) in [4.78, 5) is 0. The molecule has 2 aliphatic rings. The van der Waals surface area contributed by atoms with Gasteiger partial charge in [-0.1, -0.05) is 0 Å². The molecule has 0 aliphatic heterocycles. The van der Waals surface area contributed by atoms with Crippen LogP contribution in [0, 0.1) is 10.8 Å². The Morgan fingerprint density at radius 1 is 1.50 bits per heavy atom. The fourth-order valence-corrected chi connectivity index (χ4v) is 0.924. The predicted octanol–water partition coefficient (Wildman–Crippen LogP) is 1.19. The van der Waals surface area contributed by atoms with Gasteiger partial charge in [-0.15, -0.1) is 0 Å². The molecule has 0 amide bonds. The molecular formula is C5H7N. The summed E-state index contributed by atoms with van der Waals surface area (Å²) in [5.41, 5.74) is 1.56. The minimum Gasteiger partial charge on any atom is -0.309 e. The van der Waals surface area contributed by atoms with Gasteiger partial charge in [-0.3, -0.25) is 0 Å². The minimum atomic E-state index is 0.542. The Bertz CT molecular complexity index is 111. The zero-order valence-corrected chi connectivity index (χ0v) is 3.62. The van der Waals surface area contributed by atoms with Gasteiger partial charge in [0.25, 0.3) is 0 Å². The standard InChI is InChI=1S/C5H7N/c6-4-3-5(4)1-2-5/h6H,1-3H2. The smallest absolute Gasteiger partial charge is 0.0164 e. The van der Waals surface area contributed by atoms with E-state index < -0.39 is 0 Å². The molecule has 0 aromatic heterocycles. The normalized spacial score (nSPS) is 34.3. The van der Waals surface area contributed by atoms with E-state index in [0.29, 0.717) is 5.41 Å². The molecule has 0 saturated heterocycles. The second-order valence-electron chi connectivity index (χ2n) is 2.44. The van der Waals surface area contributed by atoms with Crippen molar-refractivity contribution in [2.75, 3.05) is 0 Å². The average Bonchev–Trinajstić information content (AvgIpc) is 2.25. The summed E-state index contributed by atoms with van der Waals surface area (Å²) in [6, 6.07) is 0. The van der Waals surface area contributed by atoms with Crippen molar-refractivity contribution in [2.24, 2.45) is 5.41 Å². The quantitative estimate of drug-likeness (QED) is 0.453. The highest BCUT2D eigenvalue weighted by molar-refractivity contribution is 6.05. The van der Waals surface area contributed by atoms with E-state index in [9.17, 15) is 0 Å². The summed E-state index contributed by atoms with van der Waals surface area (Å²) in [5.74, 6) is 0. The van der Waals surface area contributed by atoms with E-state index in [2.05, 4.69) is 0 Å². The molecule has 2 saturated carbocycles. The van der Waals surface area contributed by atoms with Crippen LogP contribution in [0.15, 0.2) is 0 Å². The first-order valence-electron chi connectivity index (χ1n) is 2.41. The van der Waals surface area contributed by atoms with Crippen LogP contribution in [0.25, 0.3) is 0 Å². The Morgan fingerprint density at radius 2 is 2.00 bits per heavy atom. The van der Waals surface area contributed by atoms with Gasteiger partial charge in [0.05, 0.1) is 0 Å². The van der Waals surface area contributed by atoms with Gasteiger partial charge in [0.15, 0.2) is 0 Å². The number of hydrogen-bond donors (Lipinski definition) is 1. The highest BCUT2D eigenvalue weighted by Gasteiger charge is 2.59. The molecule has 0 radical (unpaired) electrons. The third-order valence-corrected chi connectivity index (χ3v) is 1.88. The molecule has 2 aliphatic carbocycles. The van der Waals surface area contributed by atoms with E-state index in [1.165, 1.54) is 12.8 Å². The maximum absolute atomic E-state index is 7.08. The first-order valence-corrected chi connectivity index (χ1v) is 2.41. The van der Waals surface area contributed by atoms with Gasteiger partial charge in [-0.2, -0.15) is 0 Å². The summed E-state index contributed by atoms with van der Waals surface area (Å²) in [7, 11) is 0. The molecule has 0 aromatic carbocycles. The van der Waals surface area contributed by atoms with Crippen molar-refractivity contribution in [3.05, 3.63) is 0 Å². The molecular weight excluding hydrogens is 74.1 g/mol. The van der Waals surface area contributed by atoms with E-state index in [0.717, 1.165) is 12.1 Å². The Morgan fingerprint density at radius 3 is 2.00 bits per heavy atom. The van der Waals surface area contributed by atoms with E-state index in [1.54, 1.807) is 0 Å². The van der Waals surface area contributed by atoms with Gasteiger partial charge in [0.2, 0.25) is 0 Å². The zero-order chi connectivity index (χ0) is 4.20. The second-order valence-corrected chi connectivity index (χ2v) is 2.44. The van der Waals surface area contributed by atoms with Gasteiger partial charge >= 0.3 is 0 Å². The molecule has 0 heterocycles. The van der Waals surface area contributed by atoms with Gasteiger partial charge in [0.1, 0.15) is 0 Å². The maximum atomic E-state index is 7.08. The monoisotopic (exact) mass is 81.1 g/mol. The Labute approximate surface area is 36.9 Å². The number of rotatable bonds is 0. The highest BCUT2D eigenvalue weighted by atomic mass is 14.7. The molecule has 1 heteroatoms. The van der Waals surface area contributed by atoms with Crippen LogP contribution in [-0.4, -0.2) is 5.71 Å². The topological polar surface area (TPSA) is 23.9 Å². The highest BCUT2D eigenvalue weighted by Crippen LogP contribution is 2.62. The number of nitrogens with one attached hydrogen (secondary N) is 1. The Kier molecular flexibility index (Phi) is 0.214. The molecule has 1 nitrogen and oxygen atoms in total. The first kappa shape index (κ1) is 2.78. The van der Waals surface area contributed by atoms with Gasteiger partial charge < -0.3 is 5.41 Å². The second kappa shape index (κ2) is 0.462. The molecule has 2 fully saturated rings. The van der Waals surface area contributed by atoms with Crippen LogP contribution in [0.3, 0.4) is 0 Å². The first-order chi connectivity index (χ1) is 2.83. The largest absolute Gasteiger partial charge is 0.309 e. The van der Waals surface area contributed by atoms with Crippen molar-refractivity contribution in [2.45, 2.75) is 19.3 Å². The van der Waals surface area contributed by atoms with Crippen LogP contribution in [0.2, 0.25) is 0 Å². The Balaban J connectivity index is 2.36. The van der Waals surface area contributed by atoms with Gasteiger partial charge in [-0.25, -0.2) is 0 Å². The van der Waals surface area contributed by atoms with E-state index in [1.807, 2.05) is 0 Å². The third-order valence-electron chi connectivity index (χ3n) is 1.88. The van der Waals surface area contributed by atoms with E-state index >= 15 is 0 Å². The van der Waals surface area contributed by atoms with Crippen LogP contribution in [0.5, 0.6) is 0 Å². The van der Waals surface area contributed by atoms with Crippen LogP contribution in [-0.2, 0) is 0 Å². The van der Waals surface area contributed by atoms with Crippen molar-refractivity contribution in [3.63, 3.8) is 0 Å². The van der Waals surface area contributed by atoms with Crippen LogP contribution in [0.1, 0.15) is 19.3 Å². The fraction of sp³-hybridized carbons (Fsp3) is 0.800. The Hall–Kier alpha value is -0.330. The summed E-state index contributed by atoms with van der Waals surface area (Å²) < 4.78 is 0. The van der Waals surface area contributed by atoms with Crippen LogP contribution in [0.4, 0.5) is 0 Å². The van der Waals surface area contributed by atoms with Gasteiger partial charge in [-0.05, 0) is 19.3 Å². The van der Waals surface area contributed by atoms with Crippen molar-refractivity contribution < 1.29 is 0 Å².